The third kappa shape index (κ3) is 4.95. The molecule has 0 aliphatic heterocycles. The summed E-state index contributed by atoms with van der Waals surface area (Å²) in [5.41, 5.74) is 2.76. The average Bonchev–Trinajstić information content (AvgIpc) is 2.99. The fourth-order valence-corrected chi connectivity index (χ4v) is 19.8. The minimum atomic E-state index is -1.15. The fourth-order valence-electron chi connectivity index (χ4n) is 13.1. The molecule has 0 spiro atoms. The number of rotatable bonds is 7. The Balaban J connectivity index is 1.25. The highest BCUT2D eigenvalue weighted by Gasteiger charge is 2.63. The van der Waals surface area contributed by atoms with Crippen LogP contribution in [0.15, 0.2) is 66.7 Å². The number of hydrogen-bond acceptors (Lipinski definition) is 1. The second-order valence-electron chi connectivity index (χ2n) is 18.1. The van der Waals surface area contributed by atoms with E-state index in [-0.39, 0.29) is 18.7 Å². The third-order valence-electron chi connectivity index (χ3n) is 13.7. The van der Waals surface area contributed by atoms with Crippen LogP contribution in [-0.4, -0.2) is 30.6 Å². The largest absolute Gasteiger partial charge is 0.242 e. The summed E-state index contributed by atoms with van der Waals surface area (Å²) in [6, 6.07) is 25.6. The summed E-state index contributed by atoms with van der Waals surface area (Å²) in [5.74, 6) is 5.78. The molecular formula is C42H54NOPS. The van der Waals surface area contributed by atoms with Gasteiger partial charge in [-0.2, -0.15) is 0 Å². The van der Waals surface area contributed by atoms with E-state index in [1.165, 1.54) is 98.9 Å². The predicted octanol–water partition coefficient (Wildman–Crippen LogP) is 10.4. The van der Waals surface area contributed by atoms with Gasteiger partial charge in [0.25, 0.3) is 0 Å². The molecule has 0 amide bonds. The molecule has 8 bridgehead atoms. The molecule has 8 fully saturated rings. The van der Waals surface area contributed by atoms with Gasteiger partial charge in [-0.25, -0.2) is 8.51 Å². The van der Waals surface area contributed by atoms with E-state index >= 15 is 0 Å². The summed E-state index contributed by atoms with van der Waals surface area (Å²) in [6.07, 6.45) is 18.0. The molecule has 244 valence electrons. The summed E-state index contributed by atoms with van der Waals surface area (Å²) in [5, 5.41) is 5.27. The lowest BCUT2D eigenvalue weighted by Crippen LogP contribution is -2.58. The standard InChI is InChI=1S/C42H54NOPS/c1-40(2,3)46(44)43(4)39(36-14-13-34-9-5-6-10-35(34)21-36)37-11-7-8-12-38(37)45(41-22-28-15-29(23-41)17-30(16-28)24-41)42-25-31-18-32(26-42)20-33(19-31)27-42/h5-14,21,28-33,39H,15-20,22-27H2,1-4H3/t28?,29?,30?,31?,32?,33?,39-,41?,42?,45?,46+/m0/s1. The van der Waals surface area contributed by atoms with Gasteiger partial charge in [-0.15, -0.1) is 0 Å². The molecule has 46 heavy (non-hydrogen) atoms. The Labute approximate surface area is 281 Å². The van der Waals surface area contributed by atoms with E-state index in [9.17, 15) is 4.21 Å². The fraction of sp³-hybridized carbons (Fsp3) is 0.619. The van der Waals surface area contributed by atoms with Crippen LogP contribution in [0.4, 0.5) is 0 Å². The Morgan fingerprint density at radius 3 is 1.63 bits per heavy atom. The molecule has 3 aromatic rings. The van der Waals surface area contributed by atoms with Crippen molar-refractivity contribution < 1.29 is 4.21 Å². The van der Waals surface area contributed by atoms with E-state index in [4.69, 9.17) is 0 Å². The zero-order valence-electron chi connectivity index (χ0n) is 28.6. The SMILES string of the molecule is CN([C@@H](c1ccc2ccccc2c1)c1ccccc1P(C12CC3CC(CC(C3)C1)C2)C12CC3CC(CC(C3)C1)C2)[S@](=O)C(C)(C)C. The molecule has 2 atom stereocenters. The van der Waals surface area contributed by atoms with Crippen LogP contribution in [0.5, 0.6) is 0 Å². The number of nitrogens with zero attached hydrogens (tertiary/aromatic N) is 1. The second kappa shape index (κ2) is 11.0. The summed E-state index contributed by atoms with van der Waals surface area (Å²) in [6.45, 7) is 6.42. The number of benzene rings is 3. The molecule has 8 aliphatic carbocycles. The van der Waals surface area contributed by atoms with Crippen molar-refractivity contribution in [2.75, 3.05) is 7.05 Å². The van der Waals surface area contributed by atoms with Gasteiger partial charge >= 0.3 is 0 Å². The van der Waals surface area contributed by atoms with Gasteiger partial charge in [-0.1, -0.05) is 68.6 Å². The quantitative estimate of drug-likeness (QED) is 0.233. The average molecular weight is 652 g/mol. The Kier molecular flexibility index (Phi) is 7.29. The number of hydrogen-bond donors (Lipinski definition) is 0. The minimum absolute atomic E-state index is 0.0336. The van der Waals surface area contributed by atoms with Crippen molar-refractivity contribution in [2.45, 2.75) is 119 Å². The van der Waals surface area contributed by atoms with Gasteiger partial charge in [0.1, 0.15) is 11.0 Å². The maximum absolute atomic E-state index is 14.4. The van der Waals surface area contributed by atoms with Crippen LogP contribution in [0.2, 0.25) is 0 Å². The van der Waals surface area contributed by atoms with Gasteiger partial charge in [0.2, 0.25) is 0 Å². The van der Waals surface area contributed by atoms with Crippen molar-refractivity contribution in [1.82, 2.24) is 4.31 Å². The third-order valence-corrected chi connectivity index (χ3v) is 19.3. The summed E-state index contributed by atoms with van der Waals surface area (Å²) in [4.78, 5) is 0. The Morgan fingerprint density at radius 1 is 0.674 bits per heavy atom. The summed E-state index contributed by atoms with van der Waals surface area (Å²) < 4.78 is 16.3. The van der Waals surface area contributed by atoms with Crippen molar-refractivity contribution in [2.24, 2.45) is 35.5 Å². The van der Waals surface area contributed by atoms with E-state index in [0.29, 0.717) is 10.3 Å². The van der Waals surface area contributed by atoms with Crippen LogP contribution in [0.1, 0.15) is 115 Å². The summed E-state index contributed by atoms with van der Waals surface area (Å²) >= 11 is 0. The molecule has 0 heterocycles. The topological polar surface area (TPSA) is 20.3 Å². The van der Waals surface area contributed by atoms with Crippen molar-refractivity contribution in [3.63, 3.8) is 0 Å². The van der Waals surface area contributed by atoms with E-state index in [0.717, 1.165) is 35.5 Å². The highest BCUT2D eigenvalue weighted by molar-refractivity contribution is 7.84. The Hall–Kier alpha value is -1.54. The van der Waals surface area contributed by atoms with E-state index in [2.05, 4.69) is 98.9 Å². The predicted molar refractivity (Wildman–Crippen MR) is 196 cm³/mol. The maximum Gasteiger partial charge on any atom is 0.100 e. The Bertz CT molecular complexity index is 1560. The molecule has 4 heteroatoms. The van der Waals surface area contributed by atoms with Gasteiger partial charge in [0.15, 0.2) is 0 Å². The highest BCUT2D eigenvalue weighted by atomic mass is 32.2. The molecular weight excluding hydrogens is 598 g/mol. The second-order valence-corrected chi connectivity index (χ2v) is 23.4. The van der Waals surface area contributed by atoms with Gasteiger partial charge in [-0.05, 0) is 177 Å². The monoisotopic (exact) mass is 651 g/mol. The highest BCUT2D eigenvalue weighted by Crippen LogP contribution is 2.78. The van der Waals surface area contributed by atoms with Crippen molar-refractivity contribution in [1.29, 1.82) is 0 Å². The van der Waals surface area contributed by atoms with Crippen LogP contribution in [-0.2, 0) is 11.0 Å². The van der Waals surface area contributed by atoms with Gasteiger partial charge < -0.3 is 0 Å². The van der Waals surface area contributed by atoms with Crippen molar-refractivity contribution in [3.05, 3.63) is 77.9 Å². The smallest absolute Gasteiger partial charge is 0.100 e. The van der Waals surface area contributed by atoms with Crippen molar-refractivity contribution >= 4 is 35.0 Å². The lowest BCUT2D eigenvalue weighted by atomic mass is 9.55. The molecule has 0 aromatic heterocycles. The van der Waals surface area contributed by atoms with Crippen LogP contribution >= 0.6 is 7.92 Å². The lowest BCUT2D eigenvalue weighted by Gasteiger charge is -2.67. The zero-order chi connectivity index (χ0) is 31.4. The molecule has 8 aliphatic rings. The molecule has 0 N–H and O–H groups in total. The molecule has 3 aromatic carbocycles. The first-order valence-electron chi connectivity index (χ1n) is 18.6. The van der Waals surface area contributed by atoms with Crippen molar-refractivity contribution in [3.8, 4) is 0 Å². The lowest BCUT2D eigenvalue weighted by molar-refractivity contribution is 0.0195. The molecule has 11 rings (SSSR count). The molecule has 0 radical (unpaired) electrons. The van der Waals surface area contributed by atoms with Crippen LogP contribution in [0.3, 0.4) is 0 Å². The first kappa shape index (κ1) is 30.5. The summed E-state index contributed by atoms with van der Waals surface area (Å²) in [7, 11) is 0.620. The van der Waals surface area contributed by atoms with Crippen LogP contribution in [0, 0.1) is 35.5 Å². The molecule has 0 saturated heterocycles. The van der Waals surface area contributed by atoms with Gasteiger partial charge in [0, 0.05) is 7.05 Å². The van der Waals surface area contributed by atoms with Crippen LogP contribution < -0.4 is 5.30 Å². The minimum Gasteiger partial charge on any atom is -0.242 e. The van der Waals surface area contributed by atoms with Gasteiger partial charge in [0.05, 0.1) is 10.8 Å². The first-order chi connectivity index (χ1) is 22.1. The Morgan fingerprint density at radius 2 is 1.13 bits per heavy atom. The van der Waals surface area contributed by atoms with E-state index in [1.54, 1.807) is 5.30 Å². The molecule has 8 saturated carbocycles. The first-order valence-corrected chi connectivity index (χ1v) is 21.1. The van der Waals surface area contributed by atoms with Gasteiger partial charge in [-0.3, -0.25) is 0 Å². The van der Waals surface area contributed by atoms with E-state index in [1.807, 2.05) is 0 Å². The van der Waals surface area contributed by atoms with E-state index < -0.39 is 11.0 Å². The number of fused-ring (bicyclic) bond motifs is 1. The molecule has 0 unspecified atom stereocenters. The normalized spacial score (nSPS) is 38.0. The molecule has 2 nitrogen and oxygen atoms in total. The maximum atomic E-state index is 14.4. The zero-order valence-corrected chi connectivity index (χ0v) is 30.3. The van der Waals surface area contributed by atoms with Crippen LogP contribution in [0.25, 0.3) is 10.8 Å².